The molecule has 1 N–H and O–H groups in total. The fraction of sp³-hybridized carbons (Fsp3) is 0.350. The van der Waals surface area contributed by atoms with Gasteiger partial charge < -0.3 is 14.6 Å². The number of carbonyl (C=O) groups is 2. The zero-order valence-electron chi connectivity index (χ0n) is 17.0. The van der Waals surface area contributed by atoms with E-state index >= 15 is 0 Å². The number of aryl methyl sites for hydroxylation is 3. The van der Waals surface area contributed by atoms with Gasteiger partial charge in [-0.1, -0.05) is 12.1 Å². The van der Waals surface area contributed by atoms with E-state index in [9.17, 15) is 19.2 Å². The van der Waals surface area contributed by atoms with Crippen LogP contribution >= 0.6 is 0 Å². The summed E-state index contributed by atoms with van der Waals surface area (Å²) in [6.07, 6.45) is 1.92. The molecule has 2 heterocycles. The van der Waals surface area contributed by atoms with Crippen LogP contribution in [0, 0.1) is 6.92 Å². The molecule has 0 aliphatic carbocycles. The molecule has 2 aromatic heterocycles. The molecule has 0 aliphatic rings. The number of hydrogen-bond donors (Lipinski definition) is 1. The van der Waals surface area contributed by atoms with Gasteiger partial charge in [0.1, 0.15) is 0 Å². The fourth-order valence-corrected chi connectivity index (χ4v) is 3.10. The third kappa shape index (κ3) is 4.48. The highest BCUT2D eigenvalue weighted by atomic mass is 16.5. The number of ether oxygens (including phenoxy) is 1. The van der Waals surface area contributed by atoms with Crippen molar-refractivity contribution in [1.29, 1.82) is 0 Å². The van der Waals surface area contributed by atoms with Crippen LogP contribution in [0.1, 0.15) is 18.4 Å². The Kier molecular flexibility index (Phi) is 6.14. The minimum Gasteiger partial charge on any atom is -0.456 e. The quantitative estimate of drug-likeness (QED) is 0.570. The monoisotopic (exact) mass is 413 g/mol. The Bertz CT molecular complexity index is 1220. The van der Waals surface area contributed by atoms with Gasteiger partial charge in [-0.15, -0.1) is 0 Å². The molecule has 10 nitrogen and oxygen atoms in total. The molecule has 0 radical (unpaired) electrons. The van der Waals surface area contributed by atoms with Crippen LogP contribution in [0.2, 0.25) is 0 Å². The zero-order chi connectivity index (χ0) is 21.8. The summed E-state index contributed by atoms with van der Waals surface area (Å²) in [7, 11) is 2.95. The summed E-state index contributed by atoms with van der Waals surface area (Å²) in [4.78, 5) is 52.3. The van der Waals surface area contributed by atoms with Crippen LogP contribution in [0.25, 0.3) is 11.2 Å². The lowest BCUT2D eigenvalue weighted by Gasteiger charge is -2.08. The smallest absolute Gasteiger partial charge is 0.332 e. The second-order valence-corrected chi connectivity index (χ2v) is 7.00. The van der Waals surface area contributed by atoms with Crippen LogP contribution in [-0.2, 0) is 35.0 Å². The second-order valence-electron chi connectivity index (χ2n) is 7.00. The van der Waals surface area contributed by atoms with E-state index in [1.54, 1.807) is 17.7 Å². The van der Waals surface area contributed by atoms with Crippen LogP contribution < -0.4 is 16.6 Å². The van der Waals surface area contributed by atoms with Gasteiger partial charge in [-0.05, 0) is 31.0 Å². The molecular formula is C20H23N5O5. The van der Waals surface area contributed by atoms with E-state index in [4.69, 9.17) is 4.74 Å². The maximum Gasteiger partial charge on any atom is 0.332 e. The van der Waals surface area contributed by atoms with E-state index in [1.807, 2.05) is 25.1 Å². The number of hydrogen-bond acceptors (Lipinski definition) is 6. The lowest BCUT2D eigenvalue weighted by Crippen LogP contribution is -2.37. The third-order valence-corrected chi connectivity index (χ3v) is 4.66. The van der Waals surface area contributed by atoms with Gasteiger partial charge >= 0.3 is 11.7 Å². The molecule has 0 saturated carbocycles. The number of nitrogens with zero attached hydrogens (tertiary/aromatic N) is 4. The van der Waals surface area contributed by atoms with Gasteiger partial charge in [0.25, 0.3) is 11.5 Å². The highest BCUT2D eigenvalue weighted by molar-refractivity contribution is 5.92. The number of imidazole rings is 1. The van der Waals surface area contributed by atoms with E-state index in [1.165, 1.54) is 17.9 Å². The van der Waals surface area contributed by atoms with Gasteiger partial charge in [-0.3, -0.25) is 23.5 Å². The molecular weight excluding hydrogens is 390 g/mol. The van der Waals surface area contributed by atoms with Crippen molar-refractivity contribution in [3.63, 3.8) is 0 Å². The van der Waals surface area contributed by atoms with Crippen LogP contribution in [0.4, 0.5) is 5.69 Å². The molecule has 3 rings (SSSR count). The number of esters is 1. The van der Waals surface area contributed by atoms with Gasteiger partial charge in [-0.2, -0.15) is 0 Å². The van der Waals surface area contributed by atoms with E-state index < -0.39 is 23.1 Å². The Labute approximate surface area is 171 Å². The molecule has 0 spiro atoms. The van der Waals surface area contributed by atoms with Gasteiger partial charge in [0.15, 0.2) is 17.8 Å². The number of carbonyl (C=O) groups excluding carboxylic acids is 2. The number of aromatic nitrogens is 4. The third-order valence-electron chi connectivity index (χ3n) is 4.66. The molecule has 3 aromatic rings. The molecule has 1 amide bonds. The highest BCUT2D eigenvalue weighted by Gasteiger charge is 2.14. The van der Waals surface area contributed by atoms with Crippen LogP contribution in [0.15, 0.2) is 40.2 Å². The minimum atomic E-state index is -0.515. The van der Waals surface area contributed by atoms with Crippen molar-refractivity contribution in [3.8, 4) is 0 Å². The predicted octanol–water partition coefficient (Wildman–Crippen LogP) is 0.704. The molecule has 0 saturated heterocycles. The van der Waals surface area contributed by atoms with Crippen molar-refractivity contribution in [2.24, 2.45) is 14.1 Å². The zero-order valence-corrected chi connectivity index (χ0v) is 17.0. The van der Waals surface area contributed by atoms with Gasteiger partial charge in [0, 0.05) is 32.7 Å². The van der Waals surface area contributed by atoms with Crippen molar-refractivity contribution >= 4 is 28.7 Å². The van der Waals surface area contributed by atoms with Crippen LogP contribution in [-0.4, -0.2) is 37.2 Å². The summed E-state index contributed by atoms with van der Waals surface area (Å²) < 4.78 is 8.93. The van der Waals surface area contributed by atoms with E-state index in [0.717, 1.165) is 10.1 Å². The van der Waals surface area contributed by atoms with Crippen molar-refractivity contribution in [1.82, 2.24) is 18.7 Å². The van der Waals surface area contributed by atoms with Crippen LogP contribution in [0.3, 0.4) is 0 Å². The average molecular weight is 413 g/mol. The minimum absolute atomic E-state index is 0.0729. The van der Waals surface area contributed by atoms with Gasteiger partial charge in [0.2, 0.25) is 0 Å². The average Bonchev–Trinajstić information content (AvgIpc) is 3.13. The normalized spacial score (nSPS) is 10.9. The summed E-state index contributed by atoms with van der Waals surface area (Å²) in [5, 5.41) is 2.66. The van der Waals surface area contributed by atoms with Gasteiger partial charge in [0.05, 0.1) is 6.33 Å². The number of anilines is 1. The Balaban J connectivity index is 1.52. The molecule has 30 heavy (non-hydrogen) atoms. The number of nitrogens with one attached hydrogen (secondary N) is 1. The first-order chi connectivity index (χ1) is 14.3. The summed E-state index contributed by atoms with van der Waals surface area (Å²) in [6, 6.07) is 7.30. The summed E-state index contributed by atoms with van der Waals surface area (Å²) >= 11 is 0. The summed E-state index contributed by atoms with van der Waals surface area (Å²) in [6.45, 7) is 1.88. The van der Waals surface area contributed by atoms with Crippen molar-refractivity contribution in [2.45, 2.75) is 26.3 Å². The number of benzene rings is 1. The lowest BCUT2D eigenvalue weighted by atomic mass is 10.2. The second kappa shape index (κ2) is 8.76. The lowest BCUT2D eigenvalue weighted by molar-refractivity contribution is -0.147. The first-order valence-electron chi connectivity index (χ1n) is 9.41. The van der Waals surface area contributed by atoms with E-state index in [-0.39, 0.29) is 13.0 Å². The Morgan fingerprint density at radius 3 is 2.67 bits per heavy atom. The van der Waals surface area contributed by atoms with Gasteiger partial charge in [-0.25, -0.2) is 9.78 Å². The molecule has 0 fully saturated rings. The summed E-state index contributed by atoms with van der Waals surface area (Å²) in [5.41, 5.74) is 1.33. The number of amides is 1. The standard InChI is InChI=1S/C20H23N5O5/c1-13-6-4-7-14(10-13)22-15(26)11-30-16(27)8-5-9-25-12-21-18-17(25)19(28)24(3)20(29)23(18)2/h4,6-7,10,12H,5,8-9,11H2,1-3H3,(H,22,26). The maximum absolute atomic E-state index is 12.4. The van der Waals surface area contributed by atoms with Crippen LogP contribution in [0.5, 0.6) is 0 Å². The largest absolute Gasteiger partial charge is 0.456 e. The predicted molar refractivity (Wildman–Crippen MR) is 110 cm³/mol. The molecule has 0 atom stereocenters. The highest BCUT2D eigenvalue weighted by Crippen LogP contribution is 2.10. The number of rotatable bonds is 7. The maximum atomic E-state index is 12.4. The topological polar surface area (TPSA) is 117 Å². The fourth-order valence-electron chi connectivity index (χ4n) is 3.10. The molecule has 10 heteroatoms. The Hall–Kier alpha value is -3.69. The first kappa shape index (κ1) is 21.0. The number of fused-ring (bicyclic) bond motifs is 1. The Morgan fingerprint density at radius 1 is 1.17 bits per heavy atom. The molecule has 0 unspecified atom stereocenters. The SMILES string of the molecule is Cc1cccc(NC(=O)COC(=O)CCCn2cnc3c2c(=O)n(C)c(=O)n3C)c1. The summed E-state index contributed by atoms with van der Waals surface area (Å²) in [5.74, 6) is -0.932. The molecule has 0 bridgehead atoms. The molecule has 0 aliphatic heterocycles. The van der Waals surface area contributed by atoms with E-state index in [2.05, 4.69) is 10.3 Å². The molecule has 158 valence electrons. The first-order valence-corrected chi connectivity index (χ1v) is 9.41. The molecule has 1 aromatic carbocycles. The van der Waals surface area contributed by atoms with Crippen molar-refractivity contribution in [3.05, 3.63) is 57.0 Å². The van der Waals surface area contributed by atoms with E-state index in [0.29, 0.717) is 29.8 Å². The Morgan fingerprint density at radius 2 is 1.93 bits per heavy atom. The van der Waals surface area contributed by atoms with Crippen molar-refractivity contribution < 1.29 is 14.3 Å². The van der Waals surface area contributed by atoms with Crippen molar-refractivity contribution in [2.75, 3.05) is 11.9 Å².